The first-order valence-corrected chi connectivity index (χ1v) is 8.05. The van der Waals surface area contributed by atoms with Crippen molar-refractivity contribution in [3.63, 3.8) is 0 Å². The van der Waals surface area contributed by atoms with Crippen molar-refractivity contribution in [2.75, 3.05) is 0 Å². The molecule has 0 bridgehead atoms. The first-order valence-electron chi connectivity index (χ1n) is 8.05. The molecule has 0 N–H and O–H groups in total. The summed E-state index contributed by atoms with van der Waals surface area (Å²) in [4.78, 5) is 4.45. The zero-order valence-electron chi connectivity index (χ0n) is 14.7. The van der Waals surface area contributed by atoms with Gasteiger partial charge in [0.1, 0.15) is 0 Å². The fourth-order valence-corrected chi connectivity index (χ4v) is 1.44. The van der Waals surface area contributed by atoms with Gasteiger partial charge in [-0.25, -0.2) is 0 Å². The first-order chi connectivity index (χ1) is 11.1. The highest BCUT2D eigenvalue weighted by molar-refractivity contribution is 5.73. The van der Waals surface area contributed by atoms with Crippen molar-refractivity contribution in [2.45, 2.75) is 33.6 Å². The highest BCUT2D eigenvalue weighted by atomic mass is 14.7. The van der Waals surface area contributed by atoms with Crippen LogP contribution in [0.2, 0.25) is 0 Å². The summed E-state index contributed by atoms with van der Waals surface area (Å²) in [5.74, 6) is 0. The summed E-state index contributed by atoms with van der Waals surface area (Å²) in [6, 6.07) is 0. The minimum absolute atomic E-state index is 0.862. The van der Waals surface area contributed by atoms with Crippen LogP contribution in [0.5, 0.6) is 0 Å². The van der Waals surface area contributed by atoms with Gasteiger partial charge in [0, 0.05) is 6.21 Å². The summed E-state index contributed by atoms with van der Waals surface area (Å²) < 4.78 is 0. The average Bonchev–Trinajstić information content (AvgIpc) is 2.55. The first kappa shape index (κ1) is 20.6. The Morgan fingerprint density at radius 2 is 1.70 bits per heavy atom. The Hall–Kier alpha value is -2.41. The monoisotopic (exact) mass is 307 g/mol. The molecular formula is C22H29N. The zero-order valence-corrected chi connectivity index (χ0v) is 14.7. The highest BCUT2D eigenvalue weighted by Crippen LogP contribution is 2.09. The van der Waals surface area contributed by atoms with Crippen LogP contribution in [0.4, 0.5) is 0 Å². The van der Waals surface area contributed by atoms with Crippen LogP contribution in [0.25, 0.3) is 0 Å². The molecular weight excluding hydrogens is 278 g/mol. The predicted molar refractivity (Wildman–Crippen MR) is 107 cm³/mol. The maximum atomic E-state index is 4.45. The van der Waals surface area contributed by atoms with Crippen molar-refractivity contribution < 1.29 is 0 Å². The Kier molecular flexibility index (Phi) is 13.0. The molecule has 0 fully saturated rings. The number of allylic oxidation sites excluding steroid dienone is 13. The van der Waals surface area contributed by atoms with Crippen molar-refractivity contribution in [1.82, 2.24) is 0 Å². The number of rotatable bonds is 10. The zero-order chi connectivity index (χ0) is 17.3. The summed E-state index contributed by atoms with van der Waals surface area (Å²) in [5, 5.41) is 0. The molecule has 0 radical (unpaired) electrons. The third kappa shape index (κ3) is 13.0. The van der Waals surface area contributed by atoms with Crippen LogP contribution in [0.15, 0.2) is 102 Å². The van der Waals surface area contributed by atoms with E-state index in [0.717, 1.165) is 29.7 Å². The van der Waals surface area contributed by atoms with Crippen molar-refractivity contribution in [2.24, 2.45) is 4.99 Å². The maximum Gasteiger partial charge on any atom is 0.0632 e. The van der Waals surface area contributed by atoms with Gasteiger partial charge in [0.05, 0.1) is 5.70 Å². The molecule has 0 aliphatic carbocycles. The van der Waals surface area contributed by atoms with E-state index in [1.807, 2.05) is 67.7 Å². The van der Waals surface area contributed by atoms with Crippen LogP contribution >= 0.6 is 0 Å². The lowest BCUT2D eigenvalue weighted by Crippen LogP contribution is -1.79. The second-order valence-corrected chi connectivity index (χ2v) is 4.87. The van der Waals surface area contributed by atoms with Crippen molar-refractivity contribution >= 4 is 6.21 Å². The number of aliphatic imine (C=N–C) groups is 1. The minimum atomic E-state index is 0.862. The molecule has 0 heterocycles. The van der Waals surface area contributed by atoms with E-state index in [2.05, 4.69) is 38.1 Å². The molecule has 0 aromatic heterocycles. The van der Waals surface area contributed by atoms with Gasteiger partial charge in [-0.1, -0.05) is 81.2 Å². The molecule has 122 valence electrons. The van der Waals surface area contributed by atoms with Crippen LogP contribution in [0, 0.1) is 0 Å². The van der Waals surface area contributed by atoms with Gasteiger partial charge >= 0.3 is 0 Å². The number of nitrogens with zero attached hydrogens (tertiary/aromatic N) is 1. The molecule has 23 heavy (non-hydrogen) atoms. The Bertz CT molecular complexity index is 561. The predicted octanol–water partition coefficient (Wildman–Crippen LogP) is 6.67. The van der Waals surface area contributed by atoms with Gasteiger partial charge in [0.2, 0.25) is 0 Å². The second-order valence-electron chi connectivity index (χ2n) is 4.87. The molecule has 1 heteroatoms. The molecule has 0 spiro atoms. The molecule has 0 saturated heterocycles. The van der Waals surface area contributed by atoms with E-state index in [4.69, 9.17) is 0 Å². The van der Waals surface area contributed by atoms with Gasteiger partial charge in [-0.2, -0.15) is 0 Å². The fourth-order valence-electron chi connectivity index (χ4n) is 1.44. The van der Waals surface area contributed by atoms with Crippen molar-refractivity contribution in [3.8, 4) is 0 Å². The normalized spacial score (nSPS) is 13.8. The van der Waals surface area contributed by atoms with Gasteiger partial charge in [-0.3, -0.25) is 4.99 Å². The molecule has 0 saturated carbocycles. The molecule has 0 aliphatic heterocycles. The Balaban J connectivity index is 4.94. The Morgan fingerprint density at radius 1 is 0.913 bits per heavy atom. The fraction of sp³-hybridized carbons (Fsp3) is 0.227. The second kappa shape index (κ2) is 14.5. The van der Waals surface area contributed by atoms with Crippen LogP contribution < -0.4 is 0 Å². The minimum Gasteiger partial charge on any atom is -0.257 e. The summed E-state index contributed by atoms with van der Waals surface area (Å²) >= 11 is 0. The van der Waals surface area contributed by atoms with E-state index in [-0.39, 0.29) is 0 Å². The molecule has 0 aromatic rings. The van der Waals surface area contributed by atoms with E-state index in [9.17, 15) is 0 Å². The Labute approximate surface area is 142 Å². The molecule has 0 aromatic carbocycles. The van der Waals surface area contributed by atoms with Gasteiger partial charge in [0.15, 0.2) is 0 Å². The van der Waals surface area contributed by atoms with Crippen molar-refractivity contribution in [1.29, 1.82) is 0 Å². The molecule has 0 unspecified atom stereocenters. The number of hydrogen-bond donors (Lipinski definition) is 0. The lowest BCUT2D eigenvalue weighted by molar-refractivity contribution is 1.15. The summed E-state index contributed by atoms with van der Waals surface area (Å²) in [6.07, 6.45) is 25.5. The van der Waals surface area contributed by atoms with Crippen molar-refractivity contribution in [3.05, 3.63) is 96.8 Å². The van der Waals surface area contributed by atoms with Gasteiger partial charge in [-0.05, 0) is 43.6 Å². The lowest BCUT2D eigenvalue weighted by Gasteiger charge is -1.97. The molecule has 0 rings (SSSR count). The average molecular weight is 307 g/mol. The smallest absolute Gasteiger partial charge is 0.0632 e. The highest BCUT2D eigenvalue weighted by Gasteiger charge is 1.90. The quantitative estimate of drug-likeness (QED) is 0.315. The molecule has 0 aliphatic rings. The summed E-state index contributed by atoms with van der Waals surface area (Å²) in [5.41, 5.74) is 2.84. The van der Waals surface area contributed by atoms with Crippen LogP contribution in [-0.2, 0) is 0 Å². The molecule has 0 atom stereocenters. The topological polar surface area (TPSA) is 12.4 Å². The van der Waals surface area contributed by atoms with Gasteiger partial charge in [-0.15, -0.1) is 0 Å². The van der Waals surface area contributed by atoms with E-state index >= 15 is 0 Å². The van der Waals surface area contributed by atoms with Crippen LogP contribution in [0.3, 0.4) is 0 Å². The third-order valence-electron chi connectivity index (χ3n) is 2.79. The van der Waals surface area contributed by atoms with Crippen LogP contribution in [-0.4, -0.2) is 6.21 Å². The van der Waals surface area contributed by atoms with Gasteiger partial charge in [0.25, 0.3) is 0 Å². The van der Waals surface area contributed by atoms with Gasteiger partial charge < -0.3 is 0 Å². The maximum absolute atomic E-state index is 4.45. The van der Waals surface area contributed by atoms with E-state index in [0.29, 0.717) is 0 Å². The third-order valence-corrected chi connectivity index (χ3v) is 2.79. The number of hydrogen-bond acceptors (Lipinski definition) is 1. The largest absolute Gasteiger partial charge is 0.257 e. The lowest BCUT2D eigenvalue weighted by atomic mass is 10.1. The summed E-state index contributed by atoms with van der Waals surface area (Å²) in [6.45, 7) is 14.2. The SMILES string of the molecule is C=C(/C=C\C=C/CC)\C=C/C(=C\C(=C)CC)/N=C/C=C\C=C/C. The van der Waals surface area contributed by atoms with E-state index in [1.165, 1.54) is 0 Å². The molecule has 1 nitrogen and oxygen atoms in total. The van der Waals surface area contributed by atoms with Crippen LogP contribution in [0.1, 0.15) is 33.6 Å². The van der Waals surface area contributed by atoms with E-state index < -0.39 is 0 Å². The summed E-state index contributed by atoms with van der Waals surface area (Å²) in [7, 11) is 0. The standard InChI is InChI=1S/C22H29N/c1-6-9-11-13-15-21(5)16-17-22(19-20(4)8-3)23-18-14-12-10-7-2/h7,9-19H,4-6,8H2,1-3H3/b10-7-,11-9-,14-12-,15-13-,17-16-,22-19+,23-18+. The van der Waals surface area contributed by atoms with E-state index in [1.54, 1.807) is 6.21 Å². The Morgan fingerprint density at radius 3 is 2.35 bits per heavy atom. The molecule has 0 amide bonds.